The number of primary amides is 1. The van der Waals surface area contributed by atoms with E-state index in [9.17, 15) is 9.18 Å². The summed E-state index contributed by atoms with van der Waals surface area (Å²) in [5, 5.41) is 0. The number of hydrogen-bond donors (Lipinski definition) is 1. The monoisotopic (exact) mass is 255 g/mol. The summed E-state index contributed by atoms with van der Waals surface area (Å²) in [4.78, 5) is 11.0. The van der Waals surface area contributed by atoms with Crippen molar-refractivity contribution in [2.24, 2.45) is 11.7 Å². The van der Waals surface area contributed by atoms with Crippen molar-refractivity contribution in [1.82, 2.24) is 0 Å². The minimum absolute atomic E-state index is 0.203. The van der Waals surface area contributed by atoms with Gasteiger partial charge in [0.2, 0.25) is 5.79 Å². The number of halogens is 1. The Morgan fingerprint density at radius 2 is 1.94 bits per heavy atom. The summed E-state index contributed by atoms with van der Waals surface area (Å²) in [5.41, 5.74) is 5.64. The number of amides is 1. The van der Waals surface area contributed by atoms with E-state index < -0.39 is 11.9 Å². The maximum atomic E-state index is 12.9. The van der Waals surface area contributed by atoms with Gasteiger partial charge in [0, 0.05) is 19.1 Å². The minimum atomic E-state index is -1.27. The quantitative estimate of drug-likeness (QED) is 0.823. The first-order valence-corrected chi connectivity index (χ1v) is 5.69. The third-order valence-corrected chi connectivity index (χ3v) is 2.56. The smallest absolute Gasteiger partial charge is 0.407 e. The van der Waals surface area contributed by atoms with Gasteiger partial charge < -0.3 is 15.2 Å². The molecule has 1 aromatic rings. The first-order chi connectivity index (χ1) is 8.39. The van der Waals surface area contributed by atoms with Crippen LogP contribution in [0, 0.1) is 11.7 Å². The Morgan fingerprint density at radius 3 is 2.33 bits per heavy atom. The lowest BCUT2D eigenvalue weighted by molar-refractivity contribution is -0.202. The Labute approximate surface area is 106 Å². The zero-order valence-electron chi connectivity index (χ0n) is 10.8. The van der Waals surface area contributed by atoms with Gasteiger partial charge in [-0.25, -0.2) is 9.18 Å². The second-order valence-electron chi connectivity index (χ2n) is 4.48. The zero-order chi connectivity index (χ0) is 13.8. The van der Waals surface area contributed by atoms with E-state index in [0.29, 0.717) is 12.0 Å². The van der Waals surface area contributed by atoms with Crippen molar-refractivity contribution in [1.29, 1.82) is 0 Å². The Morgan fingerprint density at radius 1 is 1.39 bits per heavy atom. The fraction of sp³-hybridized carbons (Fsp3) is 0.462. The average molecular weight is 255 g/mol. The molecule has 4 nitrogen and oxygen atoms in total. The van der Waals surface area contributed by atoms with E-state index in [-0.39, 0.29) is 11.7 Å². The number of rotatable bonds is 5. The van der Waals surface area contributed by atoms with E-state index in [1.54, 1.807) is 0 Å². The van der Waals surface area contributed by atoms with Crippen molar-refractivity contribution in [3.8, 4) is 0 Å². The van der Waals surface area contributed by atoms with Crippen molar-refractivity contribution in [2.75, 3.05) is 7.11 Å². The largest absolute Gasteiger partial charge is 0.413 e. The maximum Gasteiger partial charge on any atom is 0.407 e. The van der Waals surface area contributed by atoms with Gasteiger partial charge in [-0.15, -0.1) is 0 Å². The van der Waals surface area contributed by atoms with Crippen LogP contribution in [0.2, 0.25) is 0 Å². The summed E-state index contributed by atoms with van der Waals surface area (Å²) in [6.45, 7) is 3.92. The lowest BCUT2D eigenvalue weighted by Crippen LogP contribution is -2.37. The van der Waals surface area contributed by atoms with Crippen LogP contribution >= 0.6 is 0 Å². The van der Waals surface area contributed by atoms with Gasteiger partial charge in [0.15, 0.2) is 0 Å². The second kappa shape index (κ2) is 5.82. The molecule has 0 aromatic heterocycles. The lowest BCUT2D eigenvalue weighted by Gasteiger charge is -2.33. The van der Waals surface area contributed by atoms with Crippen LogP contribution in [0.5, 0.6) is 0 Å². The molecule has 18 heavy (non-hydrogen) atoms. The molecule has 0 bridgehead atoms. The van der Waals surface area contributed by atoms with Gasteiger partial charge in [0.05, 0.1) is 0 Å². The molecule has 1 atom stereocenters. The number of nitrogens with two attached hydrogens (primary N) is 1. The molecule has 0 aliphatic carbocycles. The number of ether oxygens (including phenoxy) is 2. The molecule has 100 valence electrons. The first kappa shape index (κ1) is 14.4. The topological polar surface area (TPSA) is 61.6 Å². The van der Waals surface area contributed by atoms with Gasteiger partial charge in [-0.3, -0.25) is 0 Å². The molecule has 1 unspecified atom stereocenters. The number of benzene rings is 1. The Balaban J connectivity index is 3.15. The zero-order valence-corrected chi connectivity index (χ0v) is 10.8. The highest BCUT2D eigenvalue weighted by atomic mass is 19.1. The van der Waals surface area contributed by atoms with Gasteiger partial charge in [-0.2, -0.15) is 0 Å². The predicted octanol–water partition coefficient (Wildman–Crippen LogP) is 2.77. The number of carbonyl (C=O) groups excluding carboxylic acids is 1. The van der Waals surface area contributed by atoms with Crippen LogP contribution in [-0.2, 0) is 15.3 Å². The van der Waals surface area contributed by atoms with Crippen molar-refractivity contribution in [3.63, 3.8) is 0 Å². The van der Waals surface area contributed by atoms with E-state index >= 15 is 0 Å². The predicted molar refractivity (Wildman–Crippen MR) is 65.2 cm³/mol. The fourth-order valence-electron chi connectivity index (χ4n) is 1.87. The van der Waals surface area contributed by atoms with Crippen molar-refractivity contribution in [3.05, 3.63) is 35.6 Å². The molecule has 1 amide bonds. The van der Waals surface area contributed by atoms with Gasteiger partial charge in [-0.05, 0) is 30.2 Å². The van der Waals surface area contributed by atoms with E-state index in [1.807, 2.05) is 13.8 Å². The van der Waals surface area contributed by atoms with Crippen LogP contribution in [0.15, 0.2) is 24.3 Å². The number of methoxy groups -OCH3 is 1. The molecule has 2 N–H and O–H groups in total. The molecule has 0 heterocycles. The van der Waals surface area contributed by atoms with Crippen LogP contribution in [0.3, 0.4) is 0 Å². The van der Waals surface area contributed by atoms with Crippen LogP contribution in [0.25, 0.3) is 0 Å². The summed E-state index contributed by atoms with van der Waals surface area (Å²) in [6, 6.07) is 5.61. The van der Waals surface area contributed by atoms with E-state index in [2.05, 4.69) is 0 Å². The van der Waals surface area contributed by atoms with Crippen molar-refractivity contribution < 1.29 is 18.7 Å². The van der Waals surface area contributed by atoms with Crippen LogP contribution in [-0.4, -0.2) is 13.2 Å². The summed E-state index contributed by atoms with van der Waals surface area (Å²) in [6.07, 6.45) is -0.500. The summed E-state index contributed by atoms with van der Waals surface area (Å²) in [7, 11) is 1.43. The molecule has 0 radical (unpaired) electrons. The summed E-state index contributed by atoms with van der Waals surface area (Å²) >= 11 is 0. The maximum absolute atomic E-state index is 12.9. The third-order valence-electron chi connectivity index (χ3n) is 2.56. The summed E-state index contributed by atoms with van der Waals surface area (Å²) < 4.78 is 23.4. The first-order valence-electron chi connectivity index (χ1n) is 5.69. The highest BCUT2D eigenvalue weighted by molar-refractivity contribution is 5.65. The normalized spacial score (nSPS) is 14.3. The van der Waals surface area contributed by atoms with E-state index in [0.717, 1.165) is 0 Å². The molecule has 1 aromatic carbocycles. The van der Waals surface area contributed by atoms with Crippen molar-refractivity contribution >= 4 is 6.09 Å². The average Bonchev–Trinajstić information content (AvgIpc) is 2.27. The highest BCUT2D eigenvalue weighted by Gasteiger charge is 2.37. The standard InChI is InChI=1S/C13H18FNO3/c1-9(2)8-13(17-3,18-12(15)16)10-4-6-11(14)7-5-10/h4-7,9H,8H2,1-3H3,(H2,15,16). The van der Waals surface area contributed by atoms with Gasteiger partial charge in [0.1, 0.15) is 5.82 Å². The molecule has 0 saturated carbocycles. The van der Waals surface area contributed by atoms with Crippen LogP contribution in [0.1, 0.15) is 25.8 Å². The highest BCUT2D eigenvalue weighted by Crippen LogP contribution is 2.33. The van der Waals surface area contributed by atoms with Crippen molar-refractivity contribution in [2.45, 2.75) is 26.1 Å². The van der Waals surface area contributed by atoms with Gasteiger partial charge in [0.25, 0.3) is 0 Å². The Hall–Kier alpha value is -1.62. The molecular formula is C13H18FNO3. The molecule has 0 saturated heterocycles. The van der Waals surface area contributed by atoms with Crippen LogP contribution < -0.4 is 5.73 Å². The molecule has 0 fully saturated rings. The Kier molecular flexibility index (Phi) is 4.67. The minimum Gasteiger partial charge on any atom is -0.413 e. The lowest BCUT2D eigenvalue weighted by atomic mass is 9.95. The molecule has 0 aliphatic rings. The van der Waals surface area contributed by atoms with E-state index in [1.165, 1.54) is 31.4 Å². The molecular weight excluding hydrogens is 237 g/mol. The molecule has 5 heteroatoms. The number of carbonyl (C=O) groups is 1. The second-order valence-corrected chi connectivity index (χ2v) is 4.48. The molecule has 0 spiro atoms. The molecule has 1 rings (SSSR count). The van der Waals surface area contributed by atoms with E-state index in [4.69, 9.17) is 15.2 Å². The number of hydrogen-bond acceptors (Lipinski definition) is 3. The molecule has 0 aliphatic heterocycles. The summed E-state index contributed by atoms with van der Waals surface area (Å²) in [5.74, 6) is -1.44. The fourth-order valence-corrected chi connectivity index (χ4v) is 1.87. The van der Waals surface area contributed by atoms with Gasteiger partial charge >= 0.3 is 6.09 Å². The Bertz CT molecular complexity index is 405. The van der Waals surface area contributed by atoms with Crippen LogP contribution in [0.4, 0.5) is 9.18 Å². The van der Waals surface area contributed by atoms with Gasteiger partial charge in [-0.1, -0.05) is 13.8 Å². The SMILES string of the molecule is COC(CC(C)C)(OC(N)=O)c1ccc(F)cc1. The third kappa shape index (κ3) is 3.43.